The van der Waals surface area contributed by atoms with Gasteiger partial charge in [0.1, 0.15) is 5.84 Å². The number of amides is 1. The summed E-state index contributed by atoms with van der Waals surface area (Å²) >= 11 is 7.24. The fourth-order valence-electron chi connectivity index (χ4n) is 3.89. The van der Waals surface area contributed by atoms with Crippen LogP contribution in [-0.2, 0) is 17.6 Å². The molecule has 0 spiro atoms. The normalized spacial score (nSPS) is 18.6. The number of nitrogens with one attached hydrogen (secondary N) is 2. The van der Waals surface area contributed by atoms with E-state index >= 15 is 0 Å². The highest BCUT2D eigenvalue weighted by molar-refractivity contribution is 7.98. The number of nitrogens with zero attached hydrogens (tertiary/aromatic N) is 2. The van der Waals surface area contributed by atoms with Crippen LogP contribution in [0.4, 0.5) is 5.69 Å². The van der Waals surface area contributed by atoms with Gasteiger partial charge in [-0.25, -0.2) is 0 Å². The molecular formula is C22H25ClN4OS. The summed E-state index contributed by atoms with van der Waals surface area (Å²) < 4.78 is 22.6. The summed E-state index contributed by atoms with van der Waals surface area (Å²) in [7, 11) is 0. The van der Waals surface area contributed by atoms with Gasteiger partial charge in [-0.2, -0.15) is 0 Å². The second kappa shape index (κ2) is 8.78. The number of amidine groups is 1. The van der Waals surface area contributed by atoms with Gasteiger partial charge in [-0.1, -0.05) is 35.9 Å². The number of hydrogen-bond acceptors (Lipinski definition) is 4. The van der Waals surface area contributed by atoms with Crippen molar-refractivity contribution >= 4 is 40.8 Å². The lowest BCUT2D eigenvalue weighted by atomic mass is 10.1. The maximum atomic E-state index is 11.6. The second-order valence-corrected chi connectivity index (χ2v) is 8.40. The van der Waals surface area contributed by atoms with Crippen molar-refractivity contribution in [3.63, 3.8) is 0 Å². The Morgan fingerprint density at radius 1 is 1.28 bits per heavy atom. The number of benzene rings is 2. The number of piperazine rings is 1. The predicted molar refractivity (Wildman–Crippen MR) is 121 cm³/mol. The van der Waals surface area contributed by atoms with Crippen LogP contribution in [-0.4, -0.2) is 60.5 Å². The van der Waals surface area contributed by atoms with Crippen LogP contribution >= 0.6 is 23.4 Å². The van der Waals surface area contributed by atoms with Gasteiger partial charge in [0.15, 0.2) is 0 Å². The van der Waals surface area contributed by atoms with E-state index in [1.807, 2.05) is 29.2 Å². The van der Waals surface area contributed by atoms with E-state index in [9.17, 15) is 4.79 Å². The average molecular weight is 433 g/mol. The molecule has 0 aliphatic carbocycles. The summed E-state index contributed by atoms with van der Waals surface area (Å²) in [6.07, 6.45) is -0.936. The monoisotopic (exact) mass is 432 g/mol. The van der Waals surface area contributed by atoms with Gasteiger partial charge in [0, 0.05) is 58.0 Å². The van der Waals surface area contributed by atoms with E-state index < -0.39 is 6.18 Å². The van der Waals surface area contributed by atoms with Crippen LogP contribution < -0.4 is 5.32 Å². The maximum absolute atomic E-state index is 11.6. The van der Waals surface area contributed by atoms with Crippen molar-refractivity contribution < 1.29 is 8.91 Å². The zero-order valence-electron chi connectivity index (χ0n) is 19.0. The summed E-state index contributed by atoms with van der Waals surface area (Å²) in [6, 6.07) is 11.1. The van der Waals surface area contributed by atoms with Gasteiger partial charge in [-0.15, -0.1) is 11.8 Å². The summed E-state index contributed by atoms with van der Waals surface area (Å²) in [5, 5.41) is 12.1. The van der Waals surface area contributed by atoms with Gasteiger partial charge in [0.2, 0.25) is 5.91 Å². The largest absolute Gasteiger partial charge is 0.354 e. The molecule has 0 radical (unpaired) electrons. The van der Waals surface area contributed by atoms with E-state index in [2.05, 4.69) is 10.2 Å². The Morgan fingerprint density at radius 3 is 2.86 bits per heavy atom. The number of halogens is 1. The van der Waals surface area contributed by atoms with Crippen molar-refractivity contribution in [2.45, 2.75) is 17.7 Å². The molecule has 0 saturated carbocycles. The first-order chi connectivity index (χ1) is 15.2. The van der Waals surface area contributed by atoms with Crippen LogP contribution in [0.1, 0.15) is 20.8 Å². The quantitative estimate of drug-likeness (QED) is 0.327. The third-order valence-electron chi connectivity index (χ3n) is 5.54. The van der Waals surface area contributed by atoms with Crippen LogP contribution in [0, 0.1) is 5.41 Å². The predicted octanol–water partition coefficient (Wildman–Crippen LogP) is 3.74. The van der Waals surface area contributed by atoms with Crippen LogP contribution in [0.25, 0.3) is 0 Å². The number of rotatable bonds is 5. The van der Waals surface area contributed by atoms with E-state index in [-0.39, 0.29) is 5.91 Å². The third-order valence-corrected chi connectivity index (χ3v) is 6.46. The topological polar surface area (TPSA) is 59.4 Å². The molecule has 2 N–H and O–H groups in total. The zero-order valence-corrected chi connectivity index (χ0v) is 17.6. The standard InChI is InChI=1S/C22H25ClN4OS/c1-29-20-5-3-2-4-17(20)22(24)27-10-8-26(9-11-27)7-6-15-12-16-13-21(28)25-19(16)14-18(15)23/h2-5,12,14,24H,6-11,13H2,1H3,(H,25,28)/i1+1D3. The number of fused-ring (bicyclic) bond motifs is 1. The Kier molecular flexibility index (Phi) is 5.07. The van der Waals surface area contributed by atoms with Crippen molar-refractivity contribution in [3.8, 4) is 0 Å². The molecule has 1 fully saturated rings. The van der Waals surface area contributed by atoms with E-state index in [1.54, 1.807) is 12.1 Å². The lowest BCUT2D eigenvalue weighted by Crippen LogP contribution is -2.49. The number of anilines is 1. The molecule has 152 valence electrons. The molecule has 0 unspecified atom stereocenters. The van der Waals surface area contributed by atoms with E-state index in [4.69, 9.17) is 21.1 Å². The first kappa shape index (κ1) is 16.7. The van der Waals surface area contributed by atoms with Crippen molar-refractivity contribution in [2.24, 2.45) is 0 Å². The maximum Gasteiger partial charge on any atom is 0.228 e. The first-order valence-electron chi connectivity index (χ1n) is 11.1. The van der Waals surface area contributed by atoms with Gasteiger partial charge in [-0.05, 0) is 35.9 Å². The average Bonchev–Trinajstić information content (AvgIpc) is 3.10. The molecular weight excluding hydrogens is 405 g/mol. The van der Waals surface area contributed by atoms with Gasteiger partial charge in [0.05, 0.1) is 6.42 Å². The molecule has 2 heterocycles. The Morgan fingerprint density at radius 2 is 2.07 bits per heavy atom. The molecule has 7 heteroatoms. The highest BCUT2D eigenvalue weighted by Gasteiger charge is 2.22. The lowest BCUT2D eigenvalue weighted by Gasteiger charge is -2.36. The molecule has 2 aliphatic heterocycles. The lowest BCUT2D eigenvalue weighted by molar-refractivity contribution is -0.115. The van der Waals surface area contributed by atoms with Crippen LogP contribution in [0.5, 0.6) is 0 Å². The molecule has 0 aromatic heterocycles. The molecule has 2 aromatic carbocycles. The summed E-state index contributed by atoms with van der Waals surface area (Å²) in [6.45, 7) is 3.91. The SMILES string of the molecule is [2H][13C]([2H])([2H])Sc1ccccc1C(=N)N1CCN(CCc2cc3c(cc2Cl)NC(=O)C3)CC1. The van der Waals surface area contributed by atoms with E-state index in [1.165, 1.54) is 0 Å². The molecule has 29 heavy (non-hydrogen) atoms. The van der Waals surface area contributed by atoms with Crippen LogP contribution in [0.3, 0.4) is 0 Å². The minimum atomic E-state index is -2.14. The van der Waals surface area contributed by atoms with Crippen molar-refractivity contribution in [3.05, 3.63) is 58.1 Å². The summed E-state index contributed by atoms with van der Waals surface area (Å²) in [5.74, 6) is 0.376. The number of thioether (sulfide) groups is 1. The highest BCUT2D eigenvalue weighted by Crippen LogP contribution is 2.30. The highest BCUT2D eigenvalue weighted by atomic mass is 35.5. The molecule has 1 amide bonds. The molecule has 2 aliphatic rings. The van der Waals surface area contributed by atoms with Gasteiger partial charge in [0.25, 0.3) is 0 Å². The number of carbonyl (C=O) groups is 1. The van der Waals surface area contributed by atoms with Gasteiger partial charge in [-0.3, -0.25) is 15.1 Å². The van der Waals surface area contributed by atoms with E-state index in [0.717, 1.165) is 54.6 Å². The minimum absolute atomic E-state index is 0.00521. The minimum Gasteiger partial charge on any atom is -0.354 e. The second-order valence-electron chi connectivity index (χ2n) is 7.35. The van der Waals surface area contributed by atoms with Crippen molar-refractivity contribution in [1.29, 1.82) is 5.41 Å². The molecule has 1 saturated heterocycles. The molecule has 4 rings (SSSR count). The summed E-state index contributed by atoms with van der Waals surface area (Å²) in [4.78, 5) is 16.6. The fraction of sp³-hybridized carbons (Fsp3) is 0.364. The Labute approximate surface area is 185 Å². The van der Waals surface area contributed by atoms with Gasteiger partial charge >= 0.3 is 0 Å². The fourth-order valence-corrected chi connectivity index (χ4v) is 4.57. The summed E-state index contributed by atoms with van der Waals surface area (Å²) in [5.41, 5.74) is 3.52. The van der Waals surface area contributed by atoms with Crippen LogP contribution in [0.2, 0.25) is 5.02 Å². The third kappa shape index (κ3) is 4.44. The first-order valence-corrected chi connectivity index (χ1v) is 10.8. The Bertz CT molecular complexity index is 1040. The number of hydrogen-bond donors (Lipinski definition) is 2. The van der Waals surface area contributed by atoms with Crippen LogP contribution in [0.15, 0.2) is 41.3 Å². The zero-order chi connectivity index (χ0) is 22.9. The van der Waals surface area contributed by atoms with Crippen molar-refractivity contribution in [1.82, 2.24) is 9.80 Å². The molecule has 0 atom stereocenters. The van der Waals surface area contributed by atoms with Crippen molar-refractivity contribution in [2.75, 3.05) is 44.2 Å². The Balaban J connectivity index is 1.33. The molecule has 0 bridgehead atoms. The molecule has 5 nitrogen and oxygen atoms in total. The van der Waals surface area contributed by atoms with E-state index in [0.29, 0.717) is 40.8 Å². The Hall–Kier alpha value is -2.02. The molecule has 2 aromatic rings. The van der Waals surface area contributed by atoms with Gasteiger partial charge < -0.3 is 10.2 Å². The number of carbonyl (C=O) groups excluding carboxylic acids is 1. The smallest absolute Gasteiger partial charge is 0.228 e.